The Kier molecular flexibility index (Phi) is 9.08. The maximum Gasteiger partial charge on any atom is 0.408 e. The van der Waals surface area contributed by atoms with Gasteiger partial charge in [-0.2, -0.15) is 0 Å². The van der Waals surface area contributed by atoms with Crippen LogP contribution in [0.15, 0.2) is 24.3 Å². The van der Waals surface area contributed by atoms with Crippen molar-refractivity contribution in [2.75, 3.05) is 7.11 Å². The van der Waals surface area contributed by atoms with Crippen molar-refractivity contribution in [3.8, 4) is 0 Å². The number of benzene rings is 1. The van der Waals surface area contributed by atoms with E-state index in [2.05, 4.69) is 10.6 Å². The topological polar surface area (TPSA) is 93.7 Å². The van der Waals surface area contributed by atoms with E-state index in [1.165, 1.54) is 7.11 Å². The average Bonchev–Trinajstić information content (AvgIpc) is 2.59. The highest BCUT2D eigenvalue weighted by Crippen LogP contribution is 2.12. The molecule has 2 amide bonds. The van der Waals surface area contributed by atoms with Gasteiger partial charge in [-0.15, -0.1) is 0 Å². The monoisotopic (exact) mass is 398 g/mol. The molecule has 0 saturated heterocycles. The van der Waals surface area contributed by atoms with Gasteiger partial charge in [-0.3, -0.25) is 4.79 Å². The van der Waals surface area contributed by atoms with Gasteiger partial charge in [0.2, 0.25) is 5.91 Å². The minimum absolute atomic E-state index is 0.210. The number of alkyl carbamates (subject to hydrolysis) is 1. The third-order valence-corrected chi connectivity index (χ3v) is 3.97. The molecule has 0 bridgehead atoms. The second-order valence-corrected chi connectivity index (χ2v) is 7.17. The highest BCUT2D eigenvalue weighted by molar-refractivity contribution is 6.30. The van der Waals surface area contributed by atoms with Crippen molar-refractivity contribution in [1.29, 1.82) is 0 Å². The van der Waals surface area contributed by atoms with Gasteiger partial charge in [-0.25, -0.2) is 9.59 Å². The molecule has 7 nitrogen and oxygen atoms in total. The maximum atomic E-state index is 12.7. The first-order valence-electron chi connectivity index (χ1n) is 8.73. The molecule has 150 valence electrons. The molecule has 0 saturated carbocycles. The standard InChI is InChI=1S/C19H27ClN2O5/c1-11(2)16(22-19(25)27-12(3)4)17(23)21-15(18(24)26-5)10-13-6-8-14(20)9-7-13/h6-9,11-12,15-16H,10H2,1-5H3,(H,21,23)(H,22,25)/t15-,16-/m0/s1. The molecular formula is C19H27ClN2O5. The van der Waals surface area contributed by atoms with Gasteiger partial charge in [0.25, 0.3) is 0 Å². The number of methoxy groups -OCH3 is 1. The van der Waals surface area contributed by atoms with Crippen LogP contribution < -0.4 is 10.6 Å². The summed E-state index contributed by atoms with van der Waals surface area (Å²) in [5.74, 6) is -1.28. The van der Waals surface area contributed by atoms with Gasteiger partial charge in [0.15, 0.2) is 0 Å². The zero-order valence-corrected chi connectivity index (χ0v) is 17.0. The fraction of sp³-hybridized carbons (Fsp3) is 0.526. The second-order valence-electron chi connectivity index (χ2n) is 6.74. The third kappa shape index (κ3) is 7.86. The van der Waals surface area contributed by atoms with Crippen LogP contribution in [-0.4, -0.2) is 43.3 Å². The minimum Gasteiger partial charge on any atom is -0.467 e. The summed E-state index contributed by atoms with van der Waals surface area (Å²) in [6.07, 6.45) is -0.767. The van der Waals surface area contributed by atoms with Gasteiger partial charge >= 0.3 is 12.1 Å². The van der Waals surface area contributed by atoms with Crippen LogP contribution in [0.5, 0.6) is 0 Å². The Morgan fingerprint density at radius 1 is 1.04 bits per heavy atom. The first-order chi connectivity index (χ1) is 12.6. The predicted molar refractivity (Wildman–Crippen MR) is 102 cm³/mol. The van der Waals surface area contributed by atoms with Crippen molar-refractivity contribution in [3.63, 3.8) is 0 Å². The van der Waals surface area contributed by atoms with E-state index in [0.29, 0.717) is 5.02 Å². The van der Waals surface area contributed by atoms with Crippen LogP contribution in [0.25, 0.3) is 0 Å². The number of nitrogens with one attached hydrogen (secondary N) is 2. The van der Waals surface area contributed by atoms with Crippen molar-refractivity contribution in [2.45, 2.75) is 52.3 Å². The quantitative estimate of drug-likeness (QED) is 0.656. The van der Waals surface area contributed by atoms with Gasteiger partial charge < -0.3 is 20.1 Å². The van der Waals surface area contributed by atoms with E-state index < -0.39 is 30.1 Å². The molecule has 1 aromatic rings. The lowest BCUT2D eigenvalue weighted by atomic mass is 10.0. The van der Waals surface area contributed by atoms with Crippen LogP contribution in [0.4, 0.5) is 4.79 Å². The Bertz CT molecular complexity index is 646. The summed E-state index contributed by atoms with van der Waals surface area (Å²) in [4.78, 5) is 36.6. The Balaban J connectivity index is 2.86. The van der Waals surface area contributed by atoms with Crippen molar-refractivity contribution in [1.82, 2.24) is 10.6 Å². The normalized spacial score (nSPS) is 13.0. The second kappa shape index (κ2) is 10.8. The van der Waals surface area contributed by atoms with E-state index in [1.807, 2.05) is 0 Å². The number of amides is 2. The number of rotatable bonds is 8. The molecule has 1 aromatic carbocycles. The number of esters is 1. The van der Waals surface area contributed by atoms with E-state index in [-0.39, 0.29) is 18.4 Å². The Hall–Kier alpha value is -2.28. The van der Waals surface area contributed by atoms with Crippen molar-refractivity contribution in [2.24, 2.45) is 5.92 Å². The fourth-order valence-corrected chi connectivity index (χ4v) is 2.49. The molecule has 0 unspecified atom stereocenters. The van der Waals surface area contributed by atoms with Crippen molar-refractivity contribution >= 4 is 29.6 Å². The van der Waals surface area contributed by atoms with E-state index in [0.717, 1.165) is 5.56 Å². The number of hydrogen-bond donors (Lipinski definition) is 2. The summed E-state index contributed by atoms with van der Waals surface area (Å²) in [6, 6.07) is 5.19. The Morgan fingerprint density at radius 3 is 2.11 bits per heavy atom. The molecule has 0 aromatic heterocycles. The summed E-state index contributed by atoms with van der Waals surface area (Å²) in [5, 5.41) is 5.77. The van der Waals surface area contributed by atoms with Crippen LogP contribution in [0.2, 0.25) is 5.02 Å². The molecule has 0 fully saturated rings. The first-order valence-corrected chi connectivity index (χ1v) is 9.11. The SMILES string of the molecule is COC(=O)[C@H](Cc1ccc(Cl)cc1)NC(=O)[C@@H](NC(=O)OC(C)C)C(C)C. The van der Waals surface area contributed by atoms with Gasteiger partial charge in [0.1, 0.15) is 12.1 Å². The largest absolute Gasteiger partial charge is 0.467 e. The molecule has 0 aliphatic rings. The van der Waals surface area contributed by atoms with Gasteiger partial charge in [-0.05, 0) is 37.5 Å². The van der Waals surface area contributed by atoms with Crippen LogP contribution >= 0.6 is 11.6 Å². The van der Waals surface area contributed by atoms with E-state index in [1.54, 1.807) is 52.0 Å². The molecule has 0 radical (unpaired) electrons. The number of carbonyl (C=O) groups excluding carboxylic acids is 3. The molecule has 2 N–H and O–H groups in total. The lowest BCUT2D eigenvalue weighted by molar-refractivity contribution is -0.145. The van der Waals surface area contributed by atoms with Crippen LogP contribution in [-0.2, 0) is 25.5 Å². The summed E-state index contributed by atoms with van der Waals surface area (Å²) >= 11 is 5.87. The highest BCUT2D eigenvalue weighted by atomic mass is 35.5. The number of carbonyl (C=O) groups is 3. The smallest absolute Gasteiger partial charge is 0.408 e. The number of hydrogen-bond acceptors (Lipinski definition) is 5. The lowest BCUT2D eigenvalue weighted by Crippen LogP contribution is -2.54. The van der Waals surface area contributed by atoms with E-state index in [4.69, 9.17) is 21.1 Å². The van der Waals surface area contributed by atoms with Gasteiger partial charge in [-0.1, -0.05) is 37.6 Å². The molecule has 0 aliphatic carbocycles. The summed E-state index contributed by atoms with van der Waals surface area (Å²) in [6.45, 7) is 6.99. The molecule has 0 aliphatic heterocycles. The minimum atomic E-state index is -0.896. The summed E-state index contributed by atoms with van der Waals surface area (Å²) < 4.78 is 9.82. The fourth-order valence-electron chi connectivity index (χ4n) is 2.36. The average molecular weight is 399 g/mol. The van der Waals surface area contributed by atoms with Gasteiger partial charge in [0.05, 0.1) is 13.2 Å². The van der Waals surface area contributed by atoms with E-state index >= 15 is 0 Å². The lowest BCUT2D eigenvalue weighted by Gasteiger charge is -2.24. The molecule has 8 heteroatoms. The molecule has 0 spiro atoms. The van der Waals surface area contributed by atoms with Crippen LogP contribution in [0.3, 0.4) is 0 Å². The zero-order chi connectivity index (χ0) is 20.6. The summed E-state index contributed by atoms with van der Waals surface area (Å²) in [7, 11) is 1.25. The Morgan fingerprint density at radius 2 is 1.63 bits per heavy atom. The molecule has 2 atom stereocenters. The molecular weight excluding hydrogens is 372 g/mol. The van der Waals surface area contributed by atoms with Crippen LogP contribution in [0, 0.1) is 5.92 Å². The summed E-state index contributed by atoms with van der Waals surface area (Å²) in [5.41, 5.74) is 0.809. The maximum absolute atomic E-state index is 12.7. The number of halogens is 1. The van der Waals surface area contributed by atoms with Crippen LogP contribution in [0.1, 0.15) is 33.3 Å². The third-order valence-electron chi connectivity index (χ3n) is 3.72. The van der Waals surface area contributed by atoms with Crippen molar-refractivity contribution in [3.05, 3.63) is 34.9 Å². The van der Waals surface area contributed by atoms with E-state index in [9.17, 15) is 14.4 Å². The molecule has 1 rings (SSSR count). The van der Waals surface area contributed by atoms with Crippen molar-refractivity contribution < 1.29 is 23.9 Å². The highest BCUT2D eigenvalue weighted by Gasteiger charge is 2.30. The van der Waals surface area contributed by atoms with Gasteiger partial charge in [0, 0.05) is 11.4 Å². The molecule has 0 heterocycles. The molecule has 27 heavy (non-hydrogen) atoms. The Labute approximate surface area is 164 Å². The predicted octanol–water partition coefficient (Wildman–Crippen LogP) is 2.70. The number of ether oxygens (including phenoxy) is 2. The zero-order valence-electron chi connectivity index (χ0n) is 16.2. The first kappa shape index (κ1) is 22.8.